The first-order chi connectivity index (χ1) is 15.5. The second-order valence-corrected chi connectivity index (χ2v) is 7.88. The van der Waals surface area contributed by atoms with Crippen molar-refractivity contribution in [3.8, 4) is 11.5 Å². The van der Waals surface area contributed by atoms with E-state index in [1.807, 2.05) is 41.3 Å². The molecule has 0 bridgehead atoms. The van der Waals surface area contributed by atoms with E-state index in [4.69, 9.17) is 9.47 Å². The Morgan fingerprint density at radius 1 is 1.09 bits per heavy atom. The third-order valence-electron chi connectivity index (χ3n) is 5.83. The highest BCUT2D eigenvalue weighted by Crippen LogP contribution is 2.41. The van der Waals surface area contributed by atoms with Crippen LogP contribution in [-0.4, -0.2) is 53.1 Å². The van der Waals surface area contributed by atoms with Gasteiger partial charge < -0.3 is 19.4 Å². The molecular formula is C24H26N4O4. The van der Waals surface area contributed by atoms with E-state index >= 15 is 0 Å². The Morgan fingerprint density at radius 2 is 1.88 bits per heavy atom. The molecule has 2 atom stereocenters. The molecule has 0 aliphatic carbocycles. The molecular weight excluding hydrogens is 408 g/mol. The zero-order valence-corrected chi connectivity index (χ0v) is 18.4. The molecule has 0 spiro atoms. The summed E-state index contributed by atoms with van der Waals surface area (Å²) in [5.74, 6) is 1.64. The predicted molar refractivity (Wildman–Crippen MR) is 119 cm³/mol. The van der Waals surface area contributed by atoms with Gasteiger partial charge in [-0.1, -0.05) is 12.1 Å². The first-order valence-corrected chi connectivity index (χ1v) is 10.5. The van der Waals surface area contributed by atoms with Crippen LogP contribution >= 0.6 is 0 Å². The Bertz CT molecular complexity index is 1160. The molecule has 32 heavy (non-hydrogen) atoms. The Hall–Kier alpha value is -3.68. The number of carbonyl (C=O) groups excluding carboxylic acids is 1. The molecule has 1 saturated heterocycles. The molecule has 4 rings (SSSR count). The SMILES string of the molecule is COc1ccc([C@@H]2CN(C(=O)Cc3ccccn3)C[C@H]2c2cc(=O)[nH]c(C)n2)cc1OC. The topological polar surface area (TPSA) is 97.4 Å². The summed E-state index contributed by atoms with van der Waals surface area (Å²) in [5, 5.41) is 0. The number of ether oxygens (including phenoxy) is 2. The normalized spacial score (nSPS) is 17.9. The van der Waals surface area contributed by atoms with Gasteiger partial charge >= 0.3 is 0 Å². The van der Waals surface area contributed by atoms with Crippen molar-refractivity contribution in [2.45, 2.75) is 25.2 Å². The second-order valence-electron chi connectivity index (χ2n) is 7.88. The quantitative estimate of drug-likeness (QED) is 0.640. The van der Waals surface area contributed by atoms with Crippen LogP contribution in [0.3, 0.4) is 0 Å². The second kappa shape index (κ2) is 9.21. The van der Waals surface area contributed by atoms with Crippen molar-refractivity contribution < 1.29 is 14.3 Å². The first kappa shape index (κ1) is 21.5. The Kier molecular flexibility index (Phi) is 6.20. The number of likely N-dealkylation sites (tertiary alicyclic amines) is 1. The van der Waals surface area contributed by atoms with E-state index in [9.17, 15) is 9.59 Å². The van der Waals surface area contributed by atoms with Crippen LogP contribution in [0.1, 0.15) is 34.6 Å². The Morgan fingerprint density at radius 3 is 2.56 bits per heavy atom. The lowest BCUT2D eigenvalue weighted by Gasteiger charge is -2.19. The van der Waals surface area contributed by atoms with Gasteiger partial charge in [-0.2, -0.15) is 0 Å². The van der Waals surface area contributed by atoms with Crippen molar-refractivity contribution in [2.75, 3.05) is 27.3 Å². The highest BCUT2D eigenvalue weighted by molar-refractivity contribution is 5.79. The van der Waals surface area contributed by atoms with Crippen molar-refractivity contribution in [1.29, 1.82) is 0 Å². The van der Waals surface area contributed by atoms with Crippen LogP contribution in [0.4, 0.5) is 0 Å². The standard InChI is InChI=1S/C24H26N4O4/c1-15-26-20(12-23(29)27-15)19-14-28(24(30)11-17-6-4-5-9-25-17)13-18(19)16-7-8-21(31-2)22(10-16)32-3/h4-10,12,18-19H,11,13-14H2,1-3H3,(H,26,27,29)/t18-,19+/m0/s1. The summed E-state index contributed by atoms with van der Waals surface area (Å²) < 4.78 is 10.9. The number of nitrogens with one attached hydrogen (secondary N) is 1. The molecule has 1 fully saturated rings. The molecule has 0 radical (unpaired) electrons. The van der Waals surface area contributed by atoms with Crippen molar-refractivity contribution in [1.82, 2.24) is 19.9 Å². The van der Waals surface area contributed by atoms with Crippen LogP contribution < -0.4 is 15.0 Å². The van der Waals surface area contributed by atoms with Crippen LogP contribution in [0, 0.1) is 6.92 Å². The molecule has 8 nitrogen and oxygen atoms in total. The van der Waals surface area contributed by atoms with E-state index in [-0.39, 0.29) is 29.7 Å². The number of aromatic amines is 1. The highest BCUT2D eigenvalue weighted by atomic mass is 16.5. The lowest BCUT2D eigenvalue weighted by molar-refractivity contribution is -0.129. The first-order valence-electron chi connectivity index (χ1n) is 10.5. The van der Waals surface area contributed by atoms with Gasteiger partial charge in [0.25, 0.3) is 5.56 Å². The number of amides is 1. The molecule has 2 aromatic heterocycles. The fourth-order valence-electron chi connectivity index (χ4n) is 4.29. The summed E-state index contributed by atoms with van der Waals surface area (Å²) in [4.78, 5) is 38.6. The summed E-state index contributed by atoms with van der Waals surface area (Å²) in [6, 6.07) is 12.8. The fraction of sp³-hybridized carbons (Fsp3) is 0.333. The van der Waals surface area contributed by atoms with Gasteiger partial charge in [0.05, 0.1) is 26.3 Å². The molecule has 3 heterocycles. The number of benzene rings is 1. The summed E-state index contributed by atoms with van der Waals surface area (Å²) >= 11 is 0. The van der Waals surface area contributed by atoms with Gasteiger partial charge in [0, 0.05) is 42.9 Å². The van der Waals surface area contributed by atoms with Crippen LogP contribution in [0.5, 0.6) is 11.5 Å². The Labute approximate surface area is 186 Å². The summed E-state index contributed by atoms with van der Waals surface area (Å²) in [6.07, 6.45) is 1.92. The van der Waals surface area contributed by atoms with E-state index in [2.05, 4.69) is 15.0 Å². The number of pyridine rings is 1. The van der Waals surface area contributed by atoms with Crippen molar-refractivity contribution in [2.24, 2.45) is 0 Å². The fourth-order valence-corrected chi connectivity index (χ4v) is 4.29. The third-order valence-corrected chi connectivity index (χ3v) is 5.83. The van der Waals surface area contributed by atoms with Crippen LogP contribution in [0.2, 0.25) is 0 Å². The third kappa shape index (κ3) is 4.49. The summed E-state index contributed by atoms with van der Waals surface area (Å²) in [5.41, 5.74) is 2.21. The molecule has 1 N–H and O–H groups in total. The van der Waals surface area contributed by atoms with Gasteiger partial charge in [-0.05, 0) is 36.8 Å². The molecule has 0 saturated carbocycles. The molecule has 1 aromatic carbocycles. The zero-order chi connectivity index (χ0) is 22.7. The summed E-state index contributed by atoms with van der Waals surface area (Å²) in [7, 11) is 3.19. The average Bonchev–Trinajstić information content (AvgIpc) is 3.24. The maximum Gasteiger partial charge on any atom is 0.251 e. The maximum absolute atomic E-state index is 13.1. The van der Waals surface area contributed by atoms with Gasteiger partial charge in [-0.25, -0.2) is 4.98 Å². The number of hydrogen-bond donors (Lipinski definition) is 1. The highest BCUT2D eigenvalue weighted by Gasteiger charge is 2.38. The lowest BCUT2D eigenvalue weighted by atomic mass is 9.86. The minimum atomic E-state index is -0.197. The van der Waals surface area contributed by atoms with Gasteiger partial charge in [-0.3, -0.25) is 14.6 Å². The van der Waals surface area contributed by atoms with Crippen LogP contribution in [0.15, 0.2) is 53.5 Å². The lowest BCUT2D eigenvalue weighted by Crippen LogP contribution is -2.30. The Balaban J connectivity index is 1.68. The molecule has 3 aromatic rings. The number of aromatic nitrogens is 3. The minimum Gasteiger partial charge on any atom is -0.493 e. The van der Waals surface area contributed by atoms with Crippen molar-refractivity contribution in [3.63, 3.8) is 0 Å². The van der Waals surface area contributed by atoms with E-state index in [1.165, 1.54) is 6.07 Å². The van der Waals surface area contributed by atoms with Crippen LogP contribution in [-0.2, 0) is 11.2 Å². The number of aryl methyl sites for hydroxylation is 1. The number of carbonyl (C=O) groups is 1. The zero-order valence-electron chi connectivity index (χ0n) is 18.4. The van der Waals surface area contributed by atoms with E-state index in [0.717, 1.165) is 11.3 Å². The van der Waals surface area contributed by atoms with Gasteiger partial charge in [0.2, 0.25) is 5.91 Å². The molecule has 8 heteroatoms. The number of nitrogens with zero attached hydrogens (tertiary/aromatic N) is 3. The maximum atomic E-state index is 13.1. The van der Waals surface area contributed by atoms with Crippen molar-refractivity contribution >= 4 is 5.91 Å². The monoisotopic (exact) mass is 434 g/mol. The van der Waals surface area contributed by atoms with E-state index in [1.54, 1.807) is 27.3 Å². The van der Waals surface area contributed by atoms with E-state index < -0.39 is 0 Å². The number of methoxy groups -OCH3 is 2. The molecule has 1 aliphatic heterocycles. The largest absolute Gasteiger partial charge is 0.493 e. The minimum absolute atomic E-state index is 0.00163. The molecule has 1 amide bonds. The predicted octanol–water partition coefficient (Wildman–Crippen LogP) is 2.44. The van der Waals surface area contributed by atoms with Gasteiger partial charge in [0.1, 0.15) is 5.82 Å². The number of hydrogen-bond acceptors (Lipinski definition) is 6. The van der Waals surface area contributed by atoms with E-state index in [0.29, 0.717) is 36.1 Å². The molecule has 166 valence electrons. The average molecular weight is 434 g/mol. The molecule has 0 unspecified atom stereocenters. The summed E-state index contributed by atoms with van der Waals surface area (Å²) in [6.45, 7) is 2.75. The smallest absolute Gasteiger partial charge is 0.251 e. The van der Waals surface area contributed by atoms with Crippen LogP contribution in [0.25, 0.3) is 0 Å². The van der Waals surface area contributed by atoms with Gasteiger partial charge in [-0.15, -0.1) is 0 Å². The van der Waals surface area contributed by atoms with Gasteiger partial charge in [0.15, 0.2) is 11.5 Å². The van der Waals surface area contributed by atoms with Crippen molar-refractivity contribution in [3.05, 3.63) is 81.8 Å². The molecule has 1 aliphatic rings. The number of rotatable bonds is 6. The number of H-pyrrole nitrogens is 1.